The molecule has 0 radical (unpaired) electrons. The number of ether oxygens (including phenoxy) is 1. The second kappa shape index (κ2) is 13.2. The van der Waals surface area contributed by atoms with E-state index < -0.39 is 0 Å². The van der Waals surface area contributed by atoms with Gasteiger partial charge in [0.25, 0.3) is 0 Å². The molecular weight excluding hydrogens is 451 g/mol. The number of nitrogens with zero attached hydrogens (tertiary/aromatic N) is 2. The van der Waals surface area contributed by atoms with Gasteiger partial charge in [-0.1, -0.05) is 19.1 Å². The van der Waals surface area contributed by atoms with Gasteiger partial charge < -0.3 is 20.3 Å². The van der Waals surface area contributed by atoms with Gasteiger partial charge >= 0.3 is 0 Å². The van der Waals surface area contributed by atoms with Gasteiger partial charge in [0.15, 0.2) is 5.96 Å². The fourth-order valence-electron chi connectivity index (χ4n) is 3.46. The first-order valence-electron chi connectivity index (χ1n) is 10.0. The van der Waals surface area contributed by atoms with E-state index in [-0.39, 0.29) is 24.0 Å². The summed E-state index contributed by atoms with van der Waals surface area (Å²) >= 11 is 0. The van der Waals surface area contributed by atoms with Crippen LogP contribution >= 0.6 is 24.0 Å². The van der Waals surface area contributed by atoms with Crippen molar-refractivity contribution in [1.82, 2.24) is 15.5 Å². The zero-order valence-electron chi connectivity index (χ0n) is 17.4. The molecular formula is C21H37IN4O. The number of guanidine groups is 1. The topological polar surface area (TPSA) is 48.9 Å². The average Bonchev–Trinajstić information content (AvgIpc) is 2.66. The smallest absolute Gasteiger partial charge is 0.191 e. The van der Waals surface area contributed by atoms with E-state index in [4.69, 9.17) is 9.73 Å². The van der Waals surface area contributed by atoms with Crippen LogP contribution in [-0.2, 0) is 6.54 Å². The molecule has 2 N–H and O–H groups in total. The largest absolute Gasteiger partial charge is 0.496 e. The van der Waals surface area contributed by atoms with Crippen molar-refractivity contribution in [3.63, 3.8) is 0 Å². The van der Waals surface area contributed by atoms with Gasteiger partial charge in [0.1, 0.15) is 5.75 Å². The SMILES string of the molecule is CCCN1CCC(CNC(=NCc2ccc(C)cc2OC)NCC)CC1.I. The number of rotatable bonds is 8. The molecule has 0 aromatic heterocycles. The predicted molar refractivity (Wildman–Crippen MR) is 125 cm³/mol. The Labute approximate surface area is 182 Å². The molecule has 6 heteroatoms. The number of aliphatic imine (C=N–C) groups is 1. The van der Waals surface area contributed by atoms with Crippen molar-refractivity contribution in [2.45, 2.75) is 46.6 Å². The lowest BCUT2D eigenvalue weighted by molar-refractivity contribution is 0.185. The van der Waals surface area contributed by atoms with Crippen LogP contribution in [0.3, 0.4) is 0 Å². The summed E-state index contributed by atoms with van der Waals surface area (Å²) in [6.45, 7) is 12.6. The number of likely N-dealkylation sites (tertiary alicyclic amines) is 1. The first kappa shape index (κ1) is 24.0. The minimum atomic E-state index is 0. The lowest BCUT2D eigenvalue weighted by Gasteiger charge is -2.32. The minimum Gasteiger partial charge on any atom is -0.496 e. The third-order valence-corrected chi connectivity index (χ3v) is 5.00. The summed E-state index contributed by atoms with van der Waals surface area (Å²) in [5.74, 6) is 2.54. The van der Waals surface area contributed by atoms with E-state index in [1.54, 1.807) is 7.11 Å². The summed E-state index contributed by atoms with van der Waals surface area (Å²) < 4.78 is 5.49. The van der Waals surface area contributed by atoms with Crippen molar-refractivity contribution in [3.8, 4) is 5.75 Å². The van der Waals surface area contributed by atoms with Gasteiger partial charge in [0.05, 0.1) is 13.7 Å². The molecule has 1 saturated heterocycles. The summed E-state index contributed by atoms with van der Waals surface area (Å²) in [7, 11) is 1.72. The van der Waals surface area contributed by atoms with Crippen LogP contribution in [-0.4, -0.2) is 50.7 Å². The van der Waals surface area contributed by atoms with Crippen molar-refractivity contribution in [3.05, 3.63) is 29.3 Å². The Balaban J connectivity index is 0.00000364. The highest BCUT2D eigenvalue weighted by molar-refractivity contribution is 14.0. The highest BCUT2D eigenvalue weighted by atomic mass is 127. The molecule has 0 aliphatic carbocycles. The predicted octanol–water partition coefficient (Wildman–Crippen LogP) is 3.80. The van der Waals surface area contributed by atoms with E-state index >= 15 is 0 Å². The molecule has 0 spiro atoms. The molecule has 0 bridgehead atoms. The Kier molecular flexibility index (Phi) is 11.7. The molecule has 5 nitrogen and oxygen atoms in total. The van der Waals surface area contributed by atoms with Gasteiger partial charge in [-0.25, -0.2) is 4.99 Å². The van der Waals surface area contributed by atoms with E-state index in [1.807, 2.05) is 0 Å². The van der Waals surface area contributed by atoms with Crippen LogP contribution in [0.25, 0.3) is 0 Å². The molecule has 1 aliphatic heterocycles. The maximum Gasteiger partial charge on any atom is 0.191 e. The number of hydrogen-bond donors (Lipinski definition) is 2. The van der Waals surface area contributed by atoms with Crippen LogP contribution in [0.15, 0.2) is 23.2 Å². The normalized spacial score (nSPS) is 15.9. The highest BCUT2D eigenvalue weighted by Gasteiger charge is 2.18. The lowest BCUT2D eigenvalue weighted by Crippen LogP contribution is -2.43. The number of piperidine rings is 1. The van der Waals surface area contributed by atoms with Gasteiger partial charge in [-0.15, -0.1) is 24.0 Å². The number of benzene rings is 1. The summed E-state index contributed by atoms with van der Waals surface area (Å²) in [5, 5.41) is 6.89. The van der Waals surface area contributed by atoms with Crippen molar-refractivity contribution < 1.29 is 4.74 Å². The zero-order valence-corrected chi connectivity index (χ0v) is 19.7. The summed E-state index contributed by atoms with van der Waals surface area (Å²) in [6.07, 6.45) is 3.80. The maximum atomic E-state index is 5.49. The molecule has 1 aromatic carbocycles. The van der Waals surface area contributed by atoms with Gasteiger partial charge in [-0.2, -0.15) is 0 Å². The summed E-state index contributed by atoms with van der Waals surface area (Å²) in [6, 6.07) is 6.28. The van der Waals surface area contributed by atoms with Crippen molar-refractivity contribution in [2.24, 2.45) is 10.9 Å². The van der Waals surface area contributed by atoms with Crippen LogP contribution in [0.4, 0.5) is 0 Å². The number of halogens is 1. The van der Waals surface area contributed by atoms with Crippen molar-refractivity contribution >= 4 is 29.9 Å². The Morgan fingerprint density at radius 1 is 1.22 bits per heavy atom. The van der Waals surface area contributed by atoms with Crippen LogP contribution in [0.1, 0.15) is 44.2 Å². The van der Waals surface area contributed by atoms with E-state index in [1.165, 1.54) is 44.5 Å². The number of nitrogens with one attached hydrogen (secondary N) is 2. The Morgan fingerprint density at radius 3 is 2.59 bits per heavy atom. The van der Waals surface area contributed by atoms with E-state index in [0.29, 0.717) is 6.54 Å². The first-order chi connectivity index (χ1) is 12.7. The van der Waals surface area contributed by atoms with E-state index in [0.717, 1.165) is 36.3 Å². The van der Waals surface area contributed by atoms with Gasteiger partial charge in [0.2, 0.25) is 0 Å². The molecule has 1 aromatic rings. The molecule has 1 fully saturated rings. The zero-order chi connectivity index (χ0) is 18.8. The van der Waals surface area contributed by atoms with Gasteiger partial charge in [-0.3, -0.25) is 0 Å². The summed E-state index contributed by atoms with van der Waals surface area (Å²) in [5.41, 5.74) is 2.32. The maximum absolute atomic E-state index is 5.49. The van der Waals surface area contributed by atoms with Crippen LogP contribution < -0.4 is 15.4 Å². The van der Waals surface area contributed by atoms with Gasteiger partial charge in [0, 0.05) is 18.7 Å². The number of hydrogen-bond acceptors (Lipinski definition) is 3. The molecule has 0 atom stereocenters. The highest BCUT2D eigenvalue weighted by Crippen LogP contribution is 2.20. The van der Waals surface area contributed by atoms with Crippen molar-refractivity contribution in [2.75, 3.05) is 39.8 Å². The summed E-state index contributed by atoms with van der Waals surface area (Å²) in [4.78, 5) is 7.34. The molecule has 0 amide bonds. The Hall–Kier alpha value is -1.02. The number of methoxy groups -OCH3 is 1. The van der Waals surface area contributed by atoms with E-state index in [9.17, 15) is 0 Å². The standard InChI is InChI=1S/C21H36N4O.HI/c1-5-11-25-12-9-18(10-13-25)15-23-21(22-6-2)24-16-19-8-7-17(3)14-20(19)26-4;/h7-8,14,18H,5-6,9-13,15-16H2,1-4H3,(H2,22,23,24);1H. The second-order valence-electron chi connectivity index (χ2n) is 7.18. The Bertz CT molecular complexity index is 571. The molecule has 1 aliphatic rings. The fourth-order valence-corrected chi connectivity index (χ4v) is 3.46. The van der Waals surface area contributed by atoms with Gasteiger partial charge in [-0.05, 0) is 70.3 Å². The molecule has 1 heterocycles. The molecule has 0 unspecified atom stereocenters. The molecule has 2 rings (SSSR count). The van der Waals surface area contributed by atoms with Crippen LogP contribution in [0.5, 0.6) is 5.75 Å². The third kappa shape index (κ3) is 8.25. The quantitative estimate of drug-likeness (QED) is 0.332. The molecule has 27 heavy (non-hydrogen) atoms. The Morgan fingerprint density at radius 2 is 1.96 bits per heavy atom. The van der Waals surface area contributed by atoms with E-state index in [2.05, 4.69) is 54.5 Å². The van der Waals surface area contributed by atoms with Crippen LogP contribution in [0.2, 0.25) is 0 Å². The second-order valence-corrected chi connectivity index (χ2v) is 7.18. The number of aryl methyl sites for hydroxylation is 1. The monoisotopic (exact) mass is 488 g/mol. The van der Waals surface area contributed by atoms with Crippen molar-refractivity contribution in [1.29, 1.82) is 0 Å². The third-order valence-electron chi connectivity index (χ3n) is 5.00. The average molecular weight is 488 g/mol. The molecule has 0 saturated carbocycles. The molecule has 154 valence electrons. The fraction of sp³-hybridized carbons (Fsp3) is 0.667. The lowest BCUT2D eigenvalue weighted by atomic mass is 9.97. The minimum absolute atomic E-state index is 0. The first-order valence-corrected chi connectivity index (χ1v) is 10.0. The van der Waals surface area contributed by atoms with Crippen LogP contribution in [0, 0.1) is 12.8 Å².